The van der Waals surface area contributed by atoms with Gasteiger partial charge in [-0.25, -0.2) is 0 Å². The largest absolute Gasteiger partial charge is 0.393 e. The Kier molecular flexibility index (Phi) is 4.90. The number of aliphatic hydroxyl groups excluding tert-OH is 1. The molecule has 0 bridgehead atoms. The molecule has 1 rings (SSSR count). The third kappa shape index (κ3) is 3.98. The highest BCUT2D eigenvalue weighted by atomic mass is 35.5. The van der Waals surface area contributed by atoms with Gasteiger partial charge in [0.25, 0.3) is 5.69 Å². The molecule has 1 N–H and O–H groups in total. The standard InChI is InChI=1S/C12H16ClNO3/c1-8(2)12(15)6-4-9-3-5-10(14(16)17)7-11(9)13/h3,5,7-8,12,15H,4,6H2,1-2H3. The Bertz CT molecular complexity index is 407. The van der Waals surface area contributed by atoms with Gasteiger partial charge in [-0.1, -0.05) is 31.5 Å². The maximum Gasteiger partial charge on any atom is 0.270 e. The van der Waals surface area contributed by atoms with Crippen LogP contribution in [-0.2, 0) is 6.42 Å². The zero-order chi connectivity index (χ0) is 13.0. The van der Waals surface area contributed by atoms with Crippen molar-refractivity contribution in [1.29, 1.82) is 0 Å². The van der Waals surface area contributed by atoms with Crippen molar-refractivity contribution in [3.63, 3.8) is 0 Å². The monoisotopic (exact) mass is 257 g/mol. The maximum absolute atomic E-state index is 10.5. The van der Waals surface area contributed by atoms with Gasteiger partial charge in [-0.3, -0.25) is 10.1 Å². The van der Waals surface area contributed by atoms with Gasteiger partial charge >= 0.3 is 0 Å². The fourth-order valence-corrected chi connectivity index (χ4v) is 1.76. The van der Waals surface area contributed by atoms with Crippen molar-refractivity contribution in [3.8, 4) is 0 Å². The van der Waals surface area contributed by atoms with E-state index >= 15 is 0 Å². The van der Waals surface area contributed by atoms with Gasteiger partial charge in [0.15, 0.2) is 0 Å². The molecule has 1 atom stereocenters. The van der Waals surface area contributed by atoms with E-state index in [2.05, 4.69) is 0 Å². The second kappa shape index (κ2) is 5.98. The molecule has 5 heteroatoms. The minimum atomic E-state index is -0.474. The third-order valence-corrected chi connectivity index (χ3v) is 3.08. The smallest absolute Gasteiger partial charge is 0.270 e. The van der Waals surface area contributed by atoms with E-state index in [0.29, 0.717) is 17.9 Å². The number of nitro benzene ring substituents is 1. The van der Waals surface area contributed by atoms with Crippen LogP contribution in [0.2, 0.25) is 5.02 Å². The Balaban J connectivity index is 2.70. The van der Waals surface area contributed by atoms with Crippen LogP contribution in [-0.4, -0.2) is 16.1 Å². The van der Waals surface area contributed by atoms with E-state index in [1.807, 2.05) is 13.8 Å². The van der Waals surface area contributed by atoms with Crippen LogP contribution in [0.15, 0.2) is 18.2 Å². The summed E-state index contributed by atoms with van der Waals surface area (Å²) in [6.07, 6.45) is 0.854. The number of hydrogen-bond donors (Lipinski definition) is 1. The minimum absolute atomic E-state index is 0.0110. The predicted octanol–water partition coefficient (Wildman–Crippen LogP) is 3.20. The quantitative estimate of drug-likeness (QED) is 0.651. The van der Waals surface area contributed by atoms with Gasteiger partial charge in [0, 0.05) is 12.1 Å². The van der Waals surface area contributed by atoms with E-state index in [-0.39, 0.29) is 17.7 Å². The SMILES string of the molecule is CC(C)C(O)CCc1ccc([N+](=O)[O-])cc1Cl. The molecule has 0 radical (unpaired) electrons. The van der Waals surface area contributed by atoms with Gasteiger partial charge in [0.2, 0.25) is 0 Å². The van der Waals surface area contributed by atoms with Crippen LogP contribution >= 0.6 is 11.6 Å². The summed E-state index contributed by atoms with van der Waals surface area (Å²) in [5.74, 6) is 0.201. The lowest BCUT2D eigenvalue weighted by molar-refractivity contribution is -0.384. The first-order valence-corrected chi connectivity index (χ1v) is 5.90. The summed E-state index contributed by atoms with van der Waals surface area (Å²) in [6, 6.07) is 4.43. The van der Waals surface area contributed by atoms with Crippen molar-refractivity contribution in [1.82, 2.24) is 0 Å². The van der Waals surface area contributed by atoms with Crippen LogP contribution < -0.4 is 0 Å². The van der Waals surface area contributed by atoms with Gasteiger partial charge in [-0.05, 0) is 24.3 Å². The van der Waals surface area contributed by atoms with Crippen LogP contribution in [0, 0.1) is 16.0 Å². The number of nitro groups is 1. The Hall–Kier alpha value is -1.13. The first kappa shape index (κ1) is 13.9. The normalized spacial score (nSPS) is 12.8. The van der Waals surface area contributed by atoms with E-state index in [1.165, 1.54) is 12.1 Å². The van der Waals surface area contributed by atoms with Gasteiger partial charge in [-0.2, -0.15) is 0 Å². The lowest BCUT2D eigenvalue weighted by Crippen LogP contribution is -2.15. The lowest BCUT2D eigenvalue weighted by atomic mass is 9.99. The number of aliphatic hydroxyl groups is 1. The number of non-ortho nitro benzene ring substituents is 1. The molecule has 0 amide bonds. The Labute approximate surface area is 105 Å². The average molecular weight is 258 g/mol. The van der Waals surface area contributed by atoms with Crippen LogP contribution in [0.5, 0.6) is 0 Å². The van der Waals surface area contributed by atoms with Crippen molar-refractivity contribution >= 4 is 17.3 Å². The molecule has 1 aromatic rings. The van der Waals surface area contributed by atoms with E-state index in [9.17, 15) is 15.2 Å². The summed E-state index contributed by atoms with van der Waals surface area (Å²) in [5.41, 5.74) is 0.820. The van der Waals surface area contributed by atoms with Crippen molar-refractivity contribution in [3.05, 3.63) is 38.9 Å². The third-order valence-electron chi connectivity index (χ3n) is 2.73. The lowest BCUT2D eigenvalue weighted by Gasteiger charge is -2.14. The molecule has 0 heterocycles. The summed E-state index contributed by atoms with van der Waals surface area (Å²) < 4.78 is 0. The van der Waals surface area contributed by atoms with E-state index < -0.39 is 4.92 Å². The molecule has 0 aliphatic rings. The molecule has 1 unspecified atom stereocenters. The van der Waals surface area contributed by atoms with Gasteiger partial charge in [0.05, 0.1) is 16.0 Å². The molecular formula is C12H16ClNO3. The molecule has 0 aromatic heterocycles. The van der Waals surface area contributed by atoms with Crippen LogP contribution in [0.25, 0.3) is 0 Å². The van der Waals surface area contributed by atoms with Crippen LogP contribution in [0.4, 0.5) is 5.69 Å². The first-order chi connectivity index (χ1) is 7.91. The summed E-state index contributed by atoms with van der Waals surface area (Å²) >= 11 is 5.95. The van der Waals surface area contributed by atoms with Crippen LogP contribution in [0.3, 0.4) is 0 Å². The molecule has 0 saturated carbocycles. The first-order valence-electron chi connectivity index (χ1n) is 5.52. The predicted molar refractivity (Wildman–Crippen MR) is 67.3 cm³/mol. The molecule has 94 valence electrons. The molecule has 0 aliphatic heterocycles. The Morgan fingerprint density at radius 2 is 2.12 bits per heavy atom. The molecule has 0 saturated heterocycles. The summed E-state index contributed by atoms with van der Waals surface area (Å²) in [5, 5.41) is 20.6. The zero-order valence-electron chi connectivity index (χ0n) is 9.89. The number of halogens is 1. The zero-order valence-corrected chi connectivity index (χ0v) is 10.6. The minimum Gasteiger partial charge on any atom is -0.393 e. The van der Waals surface area contributed by atoms with Crippen molar-refractivity contribution in [2.24, 2.45) is 5.92 Å². The van der Waals surface area contributed by atoms with Crippen molar-refractivity contribution < 1.29 is 10.0 Å². The molecule has 1 aromatic carbocycles. The fraction of sp³-hybridized carbons (Fsp3) is 0.500. The van der Waals surface area contributed by atoms with Gasteiger partial charge < -0.3 is 5.11 Å². The molecule has 0 aliphatic carbocycles. The highest BCUT2D eigenvalue weighted by molar-refractivity contribution is 6.31. The number of benzene rings is 1. The van der Waals surface area contributed by atoms with Gasteiger partial charge in [-0.15, -0.1) is 0 Å². The second-order valence-corrected chi connectivity index (χ2v) is 4.79. The fourth-order valence-electron chi connectivity index (χ4n) is 1.49. The molecule has 4 nitrogen and oxygen atoms in total. The topological polar surface area (TPSA) is 63.4 Å². The number of nitrogens with zero attached hydrogens (tertiary/aromatic N) is 1. The highest BCUT2D eigenvalue weighted by Gasteiger charge is 2.12. The number of aryl methyl sites for hydroxylation is 1. The van der Waals surface area contributed by atoms with Crippen LogP contribution in [0.1, 0.15) is 25.8 Å². The van der Waals surface area contributed by atoms with E-state index in [0.717, 1.165) is 5.56 Å². The average Bonchev–Trinajstić information content (AvgIpc) is 2.26. The summed E-state index contributed by atoms with van der Waals surface area (Å²) in [6.45, 7) is 3.89. The Morgan fingerprint density at radius 1 is 1.47 bits per heavy atom. The molecule has 0 fully saturated rings. The molecule has 0 spiro atoms. The van der Waals surface area contributed by atoms with Crippen molar-refractivity contribution in [2.75, 3.05) is 0 Å². The van der Waals surface area contributed by atoms with E-state index in [1.54, 1.807) is 6.07 Å². The summed E-state index contributed by atoms with van der Waals surface area (Å²) in [7, 11) is 0. The summed E-state index contributed by atoms with van der Waals surface area (Å²) in [4.78, 5) is 10.1. The highest BCUT2D eigenvalue weighted by Crippen LogP contribution is 2.24. The molecule has 17 heavy (non-hydrogen) atoms. The number of hydrogen-bond acceptors (Lipinski definition) is 3. The Morgan fingerprint density at radius 3 is 2.59 bits per heavy atom. The second-order valence-electron chi connectivity index (χ2n) is 4.38. The number of rotatable bonds is 5. The maximum atomic E-state index is 10.5. The molecular weight excluding hydrogens is 242 g/mol. The van der Waals surface area contributed by atoms with Crippen molar-refractivity contribution in [2.45, 2.75) is 32.8 Å². The van der Waals surface area contributed by atoms with E-state index in [4.69, 9.17) is 11.6 Å². The van der Waals surface area contributed by atoms with Gasteiger partial charge in [0.1, 0.15) is 0 Å².